The lowest BCUT2D eigenvalue weighted by molar-refractivity contribution is -0.274. The van der Waals surface area contributed by atoms with Gasteiger partial charge in [0.25, 0.3) is 0 Å². The maximum atomic E-state index is 13.9. The number of anilines is 1. The van der Waals surface area contributed by atoms with E-state index in [2.05, 4.69) is 129 Å². The van der Waals surface area contributed by atoms with Gasteiger partial charge in [0.2, 0.25) is 0 Å². The molecule has 92 heavy (non-hydrogen) atoms. The molecule has 0 aromatic heterocycles. The third-order valence-corrected chi connectivity index (χ3v) is 16.8. The molecule has 1 saturated heterocycles. The van der Waals surface area contributed by atoms with E-state index < -0.39 is 47.9 Å². The molecule has 6 N–H and O–H groups in total. The molecule has 0 unspecified atom stereocenters. The molecule has 1 fully saturated rings. The van der Waals surface area contributed by atoms with E-state index in [4.69, 9.17) is 14.2 Å². The van der Waals surface area contributed by atoms with Crippen LogP contribution >= 0.6 is 95.6 Å². The lowest BCUT2D eigenvalue weighted by Gasteiger charge is -2.34. The van der Waals surface area contributed by atoms with Gasteiger partial charge in [0, 0.05) is 70.5 Å². The van der Waals surface area contributed by atoms with E-state index in [9.17, 15) is 47.7 Å². The Kier molecular flexibility index (Phi) is 32.3. The van der Waals surface area contributed by atoms with Crippen molar-refractivity contribution in [2.24, 2.45) is 0 Å². The van der Waals surface area contributed by atoms with Gasteiger partial charge in [-0.15, -0.1) is 13.2 Å². The summed E-state index contributed by atoms with van der Waals surface area (Å²) in [5.41, 5.74) is 7.71. The number of likely N-dealkylation sites (N-methyl/N-ethyl adjacent to an activating group) is 1. The van der Waals surface area contributed by atoms with Gasteiger partial charge in [-0.25, -0.2) is 4.39 Å². The minimum absolute atomic E-state index is 0.145. The maximum absolute atomic E-state index is 13.9. The molecular formula is C64H72B6Br6F4N2O10. The Bertz CT molecular complexity index is 3640. The minimum Gasteiger partial charge on any atom is -0.493 e. The molecule has 0 bridgehead atoms. The third kappa shape index (κ3) is 26.4. The second-order valence-corrected chi connectivity index (χ2v) is 27.6. The Labute approximate surface area is 590 Å². The predicted molar refractivity (Wildman–Crippen MR) is 395 cm³/mol. The van der Waals surface area contributed by atoms with E-state index in [0.717, 1.165) is 118 Å². The summed E-state index contributed by atoms with van der Waals surface area (Å²) in [6, 6.07) is 44.1. The molecule has 2 aliphatic heterocycles. The average Bonchev–Trinajstić information content (AvgIpc) is 1.24. The molecule has 0 aliphatic carbocycles. The summed E-state index contributed by atoms with van der Waals surface area (Å²) in [5, 5.41) is 58.2. The number of hydrogen-bond donors (Lipinski definition) is 6. The average molecular weight is 1650 g/mol. The van der Waals surface area contributed by atoms with Crippen LogP contribution in [0.5, 0.6) is 23.0 Å². The molecule has 0 atom stereocenters. The standard InChI is InChI=1S/C14H14BBrO2.C12H18BBrN2O.C11H9BBrFO.C10H14BBrO2.C9H10BBrO2.C8H7BBrF3O2/c1-15(17)12-7-13(16)9-14(8-12)18-10-11-5-3-2-4-6-11;1-13(17)10-7-11(14)9-12(8-10)16-5-3-15(2)4-6-16;1-12(15)9-6-10(13)7-4-2-3-5-8(7)11(9)14;1-7(2)14-10-5-8(11(3)13)4-9(12)6-10;1-10(12)8-5-7(11)4-6-2-3-13-9(6)8;1-9(14)5-2-6(10)4-7(3-5)15-8(11,12)13/h2-9,17H,10H2,1H3;7-9,17H,3-6H2,1-2H3;2-6,15H,1H3;4-7,13H,1-3H3;4-5,12H,2-3H2,1H3;2-4,14H,1H3. The van der Waals surface area contributed by atoms with Crippen LogP contribution in [-0.2, 0) is 13.0 Å². The van der Waals surface area contributed by atoms with Gasteiger partial charge < -0.3 is 58.9 Å². The monoisotopic (exact) mass is 1640 g/mol. The van der Waals surface area contributed by atoms with Crippen LogP contribution in [0, 0.1) is 5.82 Å². The van der Waals surface area contributed by atoms with E-state index in [0.29, 0.717) is 27.4 Å². The van der Waals surface area contributed by atoms with Crippen molar-refractivity contribution >= 4 is 186 Å². The quantitative estimate of drug-likeness (QED) is 0.0479. The zero-order chi connectivity index (χ0) is 68.1. The third-order valence-electron chi connectivity index (χ3n) is 13.9. The van der Waals surface area contributed by atoms with Crippen LogP contribution in [0.3, 0.4) is 0 Å². The van der Waals surface area contributed by atoms with Gasteiger partial charge in [0.1, 0.15) is 35.4 Å². The van der Waals surface area contributed by atoms with Gasteiger partial charge in [-0.3, -0.25) is 0 Å². The summed E-state index contributed by atoms with van der Waals surface area (Å²) in [7, 11) is 2.15. The fraction of sp³-hybridized carbons (Fsp3) is 0.281. The highest BCUT2D eigenvalue weighted by Gasteiger charge is 2.32. The summed E-state index contributed by atoms with van der Waals surface area (Å²) in [6.45, 7) is 16.0. The molecule has 0 spiro atoms. The maximum Gasteiger partial charge on any atom is 0.573 e. The lowest BCUT2D eigenvalue weighted by Crippen LogP contribution is -2.44. The van der Waals surface area contributed by atoms with Gasteiger partial charge in [-0.2, -0.15) is 0 Å². The number of alkyl halides is 3. The molecule has 486 valence electrons. The molecule has 0 radical (unpaired) electrons. The van der Waals surface area contributed by atoms with Gasteiger partial charge >= 0.3 is 47.9 Å². The zero-order valence-electron chi connectivity index (χ0n) is 52.3. The van der Waals surface area contributed by atoms with Crippen molar-refractivity contribution in [3.63, 3.8) is 0 Å². The number of rotatable bonds is 13. The fourth-order valence-corrected chi connectivity index (χ4v) is 12.2. The first-order chi connectivity index (χ1) is 43.3. The first-order valence-corrected chi connectivity index (χ1v) is 34.2. The molecular weight excluding hydrogens is 1580 g/mol. The van der Waals surface area contributed by atoms with Crippen LogP contribution < -0.4 is 56.6 Å². The van der Waals surface area contributed by atoms with E-state index in [1.165, 1.54) is 30.2 Å². The molecule has 8 aromatic carbocycles. The predicted octanol–water partition coefficient (Wildman–Crippen LogP) is 11.9. The molecule has 28 heteroatoms. The second-order valence-electron chi connectivity index (χ2n) is 22.1. The minimum atomic E-state index is -4.73. The summed E-state index contributed by atoms with van der Waals surface area (Å²) in [5.74, 6) is 1.71. The first-order valence-electron chi connectivity index (χ1n) is 29.4. The van der Waals surface area contributed by atoms with Crippen molar-refractivity contribution in [3.05, 3.63) is 189 Å². The highest BCUT2D eigenvalue weighted by Crippen LogP contribution is 2.29. The van der Waals surface area contributed by atoms with Crippen LogP contribution in [0.4, 0.5) is 23.2 Å². The molecule has 10 rings (SSSR count). The van der Waals surface area contributed by atoms with Crippen molar-refractivity contribution in [1.82, 2.24) is 4.90 Å². The molecule has 0 amide bonds. The molecule has 0 saturated carbocycles. The zero-order valence-corrected chi connectivity index (χ0v) is 61.9. The number of hydrogen-bond acceptors (Lipinski definition) is 12. The lowest BCUT2D eigenvalue weighted by atomic mass is 9.63. The number of benzene rings is 8. The van der Waals surface area contributed by atoms with Gasteiger partial charge in [-0.1, -0.05) is 215 Å². The molecule has 12 nitrogen and oxygen atoms in total. The van der Waals surface area contributed by atoms with E-state index in [1.807, 2.05) is 111 Å². The summed E-state index contributed by atoms with van der Waals surface area (Å²) >= 11 is 20.1. The summed E-state index contributed by atoms with van der Waals surface area (Å²) < 4.78 is 75.2. The van der Waals surface area contributed by atoms with Crippen molar-refractivity contribution < 1.29 is 66.7 Å². The fourth-order valence-electron chi connectivity index (χ4n) is 9.15. The van der Waals surface area contributed by atoms with E-state index in [1.54, 1.807) is 52.3 Å². The van der Waals surface area contributed by atoms with Crippen LogP contribution in [0.15, 0.2) is 172 Å². The SMILES string of the molecule is CB(O)c1cc(Br)c2ccccc2c1F.CB(O)c1cc(Br)cc(N2CCN(C)CC2)c1.CB(O)c1cc(Br)cc(OC(C)C)c1.CB(O)c1cc(Br)cc(OC(F)(F)F)c1.CB(O)c1cc(Br)cc(OCc2ccccc2)c1.CB(O)c1cc(Br)cc2c1OCC2. The Hall–Kier alpha value is -4.27. The van der Waals surface area contributed by atoms with E-state index >= 15 is 0 Å². The molecule has 2 aliphatic rings. The highest BCUT2D eigenvalue weighted by molar-refractivity contribution is 9.11. The topological polar surface area (TPSA) is 165 Å². The number of piperazine rings is 1. The largest absolute Gasteiger partial charge is 0.573 e. The molecule has 2 heterocycles. The Morgan fingerprint density at radius 2 is 0.978 bits per heavy atom. The van der Waals surface area contributed by atoms with Crippen LogP contribution in [-0.4, -0.2) is 129 Å². The highest BCUT2D eigenvalue weighted by atomic mass is 79.9. The van der Waals surface area contributed by atoms with Crippen LogP contribution in [0.1, 0.15) is 25.0 Å². The number of nitrogens with zero attached hydrogens (tertiary/aromatic N) is 2. The normalized spacial score (nSPS) is 12.3. The Balaban J connectivity index is 0.000000201. The number of ether oxygens (including phenoxy) is 4. The number of halogens is 10. The van der Waals surface area contributed by atoms with Gasteiger partial charge in [0.15, 0.2) is 0 Å². The summed E-state index contributed by atoms with van der Waals surface area (Å²) in [6.07, 6.45) is -3.64. The second kappa shape index (κ2) is 37.9. The van der Waals surface area contributed by atoms with Gasteiger partial charge in [0.05, 0.1) is 12.7 Å². The van der Waals surface area contributed by atoms with Crippen molar-refractivity contribution in [3.8, 4) is 23.0 Å². The van der Waals surface area contributed by atoms with Crippen LogP contribution in [0.2, 0.25) is 40.9 Å². The van der Waals surface area contributed by atoms with Crippen LogP contribution in [0.25, 0.3) is 10.8 Å². The smallest absolute Gasteiger partial charge is 0.493 e. The Morgan fingerprint density at radius 1 is 0.522 bits per heavy atom. The summed E-state index contributed by atoms with van der Waals surface area (Å²) in [4.78, 5) is 4.71. The number of fused-ring (bicyclic) bond motifs is 2. The van der Waals surface area contributed by atoms with Crippen molar-refractivity contribution in [1.29, 1.82) is 0 Å². The molecule has 8 aromatic rings. The van der Waals surface area contributed by atoms with E-state index in [-0.39, 0.29) is 17.7 Å². The van der Waals surface area contributed by atoms with Gasteiger partial charge in [-0.05, 0) is 137 Å². The van der Waals surface area contributed by atoms with Crippen molar-refractivity contribution in [2.75, 3.05) is 44.7 Å². The van der Waals surface area contributed by atoms with Crippen molar-refractivity contribution in [2.45, 2.75) is 80.3 Å². The Morgan fingerprint density at radius 3 is 1.49 bits per heavy atom. The first kappa shape index (κ1) is 78.4.